The molecule has 1 aromatic carbocycles. The Balaban J connectivity index is 2.14. The highest BCUT2D eigenvalue weighted by molar-refractivity contribution is 5.88. The molecule has 13 heteroatoms. The largest absolute Gasteiger partial charge is 0.459 e. The summed E-state index contributed by atoms with van der Waals surface area (Å²) < 4.78 is 15.9. The molecule has 0 aliphatic carbocycles. The third-order valence-corrected chi connectivity index (χ3v) is 5.19. The maximum Gasteiger partial charge on any atom is 0.408 e. The standard InChI is InChI=1S/C24H35N3O10/c1-13(29)25-18-20(32)19(31)16(11-28)36-21(18)27-17(30)10-15(26-23(34)37-24(2,3)4)22(33)35-12-14-8-6-5-7-9-14/h5-9,15-16,18-21,28,31-32H,10-12H2,1-4H3,(H,25,29)(H,26,34)(H,27,30)/t15-,16+,18+,19+,20+,21+/m0/s1. The van der Waals surface area contributed by atoms with Gasteiger partial charge >= 0.3 is 12.1 Å². The van der Waals surface area contributed by atoms with Gasteiger partial charge in [0.2, 0.25) is 11.8 Å². The third kappa shape index (κ3) is 9.61. The van der Waals surface area contributed by atoms with Crippen molar-refractivity contribution in [2.24, 2.45) is 0 Å². The zero-order chi connectivity index (χ0) is 27.8. The molecule has 1 saturated heterocycles. The van der Waals surface area contributed by atoms with Crippen molar-refractivity contribution in [3.8, 4) is 0 Å². The van der Waals surface area contributed by atoms with Gasteiger partial charge in [-0.3, -0.25) is 9.59 Å². The number of hydrogen-bond acceptors (Lipinski definition) is 10. The van der Waals surface area contributed by atoms with Crippen LogP contribution >= 0.6 is 0 Å². The number of benzene rings is 1. The normalized spacial score (nSPS) is 24.4. The second-order valence-corrected chi connectivity index (χ2v) is 9.55. The van der Waals surface area contributed by atoms with Gasteiger partial charge in [-0.25, -0.2) is 9.59 Å². The summed E-state index contributed by atoms with van der Waals surface area (Å²) in [6.45, 7) is 5.27. The van der Waals surface area contributed by atoms with Crippen molar-refractivity contribution in [1.82, 2.24) is 16.0 Å². The number of carbonyl (C=O) groups is 4. The van der Waals surface area contributed by atoms with Crippen molar-refractivity contribution >= 4 is 23.9 Å². The Morgan fingerprint density at radius 2 is 1.70 bits per heavy atom. The zero-order valence-corrected chi connectivity index (χ0v) is 21.2. The van der Waals surface area contributed by atoms with Gasteiger partial charge < -0.3 is 45.5 Å². The lowest BCUT2D eigenvalue weighted by atomic mass is 9.95. The van der Waals surface area contributed by atoms with Gasteiger partial charge in [-0.2, -0.15) is 0 Å². The summed E-state index contributed by atoms with van der Waals surface area (Å²) in [7, 11) is 0. The summed E-state index contributed by atoms with van der Waals surface area (Å²) >= 11 is 0. The average Bonchev–Trinajstić information content (AvgIpc) is 2.81. The number of nitrogens with one attached hydrogen (secondary N) is 3. The first-order chi connectivity index (χ1) is 17.3. The maximum atomic E-state index is 12.9. The van der Waals surface area contributed by atoms with Crippen LogP contribution in [-0.2, 0) is 35.2 Å². The van der Waals surface area contributed by atoms with Gasteiger partial charge in [0.15, 0.2) is 6.23 Å². The summed E-state index contributed by atoms with van der Waals surface area (Å²) in [6, 6.07) is 6.06. The highest BCUT2D eigenvalue weighted by Crippen LogP contribution is 2.20. The van der Waals surface area contributed by atoms with E-state index in [4.69, 9.17) is 14.2 Å². The predicted molar refractivity (Wildman–Crippen MR) is 128 cm³/mol. The van der Waals surface area contributed by atoms with Crippen LogP contribution in [0.15, 0.2) is 30.3 Å². The van der Waals surface area contributed by atoms with Crippen molar-refractivity contribution in [2.75, 3.05) is 6.61 Å². The molecular formula is C24H35N3O10. The quantitative estimate of drug-likeness (QED) is 0.220. The number of amides is 3. The van der Waals surface area contributed by atoms with E-state index in [0.717, 1.165) is 0 Å². The van der Waals surface area contributed by atoms with E-state index in [1.54, 1.807) is 51.1 Å². The van der Waals surface area contributed by atoms with Crippen molar-refractivity contribution < 1.29 is 48.7 Å². The molecule has 0 radical (unpaired) electrons. The molecule has 2 rings (SSSR count). The smallest absolute Gasteiger partial charge is 0.408 e. The van der Waals surface area contributed by atoms with Crippen LogP contribution in [0.1, 0.15) is 39.7 Å². The van der Waals surface area contributed by atoms with Crippen molar-refractivity contribution in [3.63, 3.8) is 0 Å². The molecule has 37 heavy (non-hydrogen) atoms. The van der Waals surface area contributed by atoms with Crippen LogP contribution in [0.4, 0.5) is 4.79 Å². The fourth-order valence-corrected chi connectivity index (χ4v) is 3.51. The minimum atomic E-state index is -1.58. The monoisotopic (exact) mass is 525 g/mol. The van der Waals surface area contributed by atoms with Crippen LogP contribution in [0.5, 0.6) is 0 Å². The molecule has 1 heterocycles. The molecule has 206 valence electrons. The van der Waals surface area contributed by atoms with E-state index in [-0.39, 0.29) is 6.61 Å². The Hall–Kier alpha value is -3.26. The van der Waals surface area contributed by atoms with Crippen LogP contribution in [0.3, 0.4) is 0 Å². The molecule has 1 aromatic rings. The Morgan fingerprint density at radius 3 is 2.27 bits per heavy atom. The summed E-state index contributed by atoms with van der Waals surface area (Å²) in [6.07, 6.45) is -7.30. The van der Waals surface area contributed by atoms with E-state index in [1.165, 1.54) is 6.92 Å². The van der Waals surface area contributed by atoms with Crippen LogP contribution < -0.4 is 16.0 Å². The molecule has 13 nitrogen and oxygen atoms in total. The number of ether oxygens (including phenoxy) is 3. The number of hydrogen-bond donors (Lipinski definition) is 6. The van der Waals surface area contributed by atoms with Crippen molar-refractivity contribution in [3.05, 3.63) is 35.9 Å². The number of aliphatic hydroxyl groups excluding tert-OH is 3. The number of carbonyl (C=O) groups excluding carboxylic acids is 4. The summed E-state index contributed by atoms with van der Waals surface area (Å²) in [5, 5.41) is 37.1. The summed E-state index contributed by atoms with van der Waals surface area (Å²) in [4.78, 5) is 49.6. The molecule has 1 aliphatic rings. The van der Waals surface area contributed by atoms with Gasteiger partial charge in [-0.05, 0) is 26.3 Å². The van der Waals surface area contributed by atoms with E-state index < -0.39 is 79.1 Å². The van der Waals surface area contributed by atoms with Crippen LogP contribution in [0.2, 0.25) is 0 Å². The minimum Gasteiger partial charge on any atom is -0.459 e. The van der Waals surface area contributed by atoms with Gasteiger partial charge in [0.1, 0.15) is 42.6 Å². The third-order valence-electron chi connectivity index (χ3n) is 5.19. The Kier molecular flexibility index (Phi) is 10.8. The second kappa shape index (κ2) is 13.3. The first-order valence-corrected chi connectivity index (χ1v) is 11.7. The van der Waals surface area contributed by atoms with Crippen LogP contribution in [0.25, 0.3) is 0 Å². The number of esters is 1. The fourth-order valence-electron chi connectivity index (χ4n) is 3.51. The van der Waals surface area contributed by atoms with E-state index in [0.29, 0.717) is 5.56 Å². The maximum absolute atomic E-state index is 12.9. The lowest BCUT2D eigenvalue weighted by molar-refractivity contribution is -0.203. The lowest BCUT2D eigenvalue weighted by Crippen LogP contribution is -2.68. The highest BCUT2D eigenvalue weighted by atomic mass is 16.6. The predicted octanol–water partition coefficient (Wildman–Crippen LogP) is -0.927. The molecule has 6 N–H and O–H groups in total. The van der Waals surface area contributed by atoms with Crippen LogP contribution in [0, 0.1) is 0 Å². The molecule has 0 spiro atoms. The lowest BCUT2D eigenvalue weighted by Gasteiger charge is -2.42. The van der Waals surface area contributed by atoms with Gasteiger partial charge in [0.25, 0.3) is 0 Å². The van der Waals surface area contributed by atoms with E-state index in [1.807, 2.05) is 0 Å². The first-order valence-electron chi connectivity index (χ1n) is 11.7. The Morgan fingerprint density at radius 1 is 1.05 bits per heavy atom. The summed E-state index contributed by atoms with van der Waals surface area (Å²) in [5.74, 6) is -2.30. The number of rotatable bonds is 9. The van der Waals surface area contributed by atoms with E-state index in [2.05, 4.69) is 16.0 Å². The molecule has 1 aliphatic heterocycles. The number of alkyl carbamates (subject to hydrolysis) is 1. The summed E-state index contributed by atoms with van der Waals surface area (Å²) in [5.41, 5.74) is -0.185. The molecule has 0 saturated carbocycles. The van der Waals surface area contributed by atoms with Crippen molar-refractivity contribution in [2.45, 2.75) is 82.9 Å². The topological polar surface area (TPSA) is 193 Å². The van der Waals surface area contributed by atoms with Crippen LogP contribution in [-0.4, -0.2) is 88.0 Å². The zero-order valence-electron chi connectivity index (χ0n) is 21.2. The molecule has 6 atom stereocenters. The molecule has 0 unspecified atom stereocenters. The molecular weight excluding hydrogens is 490 g/mol. The molecule has 1 fully saturated rings. The molecule has 0 bridgehead atoms. The Labute approximate surface area is 214 Å². The SMILES string of the molecule is CC(=O)N[C@@H]1[C@@H](O)[C@H](O)[C@@H](CO)O[C@H]1NC(=O)C[C@H](NC(=O)OC(C)(C)C)C(=O)OCc1ccccc1. The van der Waals surface area contributed by atoms with Gasteiger partial charge in [-0.1, -0.05) is 30.3 Å². The van der Waals surface area contributed by atoms with Gasteiger partial charge in [-0.15, -0.1) is 0 Å². The number of aliphatic hydroxyl groups is 3. The molecule has 3 amide bonds. The fraction of sp³-hybridized carbons (Fsp3) is 0.583. The minimum absolute atomic E-state index is 0.105. The molecule has 0 aromatic heterocycles. The van der Waals surface area contributed by atoms with E-state index in [9.17, 15) is 34.5 Å². The Bertz CT molecular complexity index is 936. The highest BCUT2D eigenvalue weighted by Gasteiger charge is 2.45. The average molecular weight is 526 g/mol. The second-order valence-electron chi connectivity index (χ2n) is 9.55. The van der Waals surface area contributed by atoms with E-state index >= 15 is 0 Å². The first kappa shape index (κ1) is 30.0. The van der Waals surface area contributed by atoms with Gasteiger partial charge in [0, 0.05) is 6.92 Å². The van der Waals surface area contributed by atoms with Gasteiger partial charge in [0.05, 0.1) is 13.0 Å². The van der Waals surface area contributed by atoms with Crippen molar-refractivity contribution in [1.29, 1.82) is 0 Å².